The summed E-state index contributed by atoms with van der Waals surface area (Å²) in [5, 5.41) is 5.33. The molecule has 3 rings (SSSR count). The van der Waals surface area contributed by atoms with E-state index in [9.17, 15) is 4.79 Å². The SMILES string of the molecule is Cc1nc2c(cc1C(=O)N1CCC(N)C(C)(C)C1)c(C)nn2C. The monoisotopic (exact) mass is 315 g/mol. The van der Waals surface area contributed by atoms with E-state index in [4.69, 9.17) is 5.73 Å². The third-order valence-corrected chi connectivity index (χ3v) is 5.02. The molecule has 1 atom stereocenters. The average molecular weight is 315 g/mol. The summed E-state index contributed by atoms with van der Waals surface area (Å²) in [6, 6.07) is 2.07. The molecule has 3 heterocycles. The number of hydrogen-bond acceptors (Lipinski definition) is 4. The lowest BCUT2D eigenvalue weighted by Crippen LogP contribution is -2.54. The van der Waals surface area contributed by atoms with Gasteiger partial charge < -0.3 is 10.6 Å². The highest BCUT2D eigenvalue weighted by molar-refractivity contribution is 5.98. The molecule has 0 spiro atoms. The van der Waals surface area contributed by atoms with Gasteiger partial charge in [-0.25, -0.2) is 4.98 Å². The number of fused-ring (bicyclic) bond motifs is 1. The normalized spacial score (nSPS) is 21.0. The second-order valence-electron chi connectivity index (χ2n) is 7.31. The molecule has 1 aliphatic rings. The van der Waals surface area contributed by atoms with Gasteiger partial charge in [-0.05, 0) is 31.7 Å². The number of carbonyl (C=O) groups excluding carboxylic acids is 1. The molecule has 2 aromatic heterocycles. The van der Waals surface area contributed by atoms with Crippen LogP contribution in [-0.2, 0) is 7.05 Å². The number of likely N-dealkylation sites (tertiary alicyclic amines) is 1. The van der Waals surface area contributed by atoms with Crippen LogP contribution in [0.5, 0.6) is 0 Å². The van der Waals surface area contributed by atoms with E-state index in [-0.39, 0.29) is 17.4 Å². The summed E-state index contributed by atoms with van der Waals surface area (Å²) < 4.78 is 1.76. The molecular weight excluding hydrogens is 290 g/mol. The summed E-state index contributed by atoms with van der Waals surface area (Å²) in [6.45, 7) is 9.45. The fourth-order valence-corrected chi connectivity index (χ4v) is 3.37. The van der Waals surface area contributed by atoms with E-state index >= 15 is 0 Å². The largest absolute Gasteiger partial charge is 0.338 e. The van der Waals surface area contributed by atoms with Crippen molar-refractivity contribution < 1.29 is 4.79 Å². The lowest BCUT2D eigenvalue weighted by Gasteiger charge is -2.42. The number of hydrogen-bond donors (Lipinski definition) is 1. The van der Waals surface area contributed by atoms with E-state index in [2.05, 4.69) is 23.9 Å². The van der Waals surface area contributed by atoms with Crippen LogP contribution in [-0.4, -0.2) is 44.7 Å². The zero-order valence-electron chi connectivity index (χ0n) is 14.6. The average Bonchev–Trinajstić information content (AvgIpc) is 2.74. The molecule has 2 aromatic rings. The molecule has 23 heavy (non-hydrogen) atoms. The first-order valence-electron chi connectivity index (χ1n) is 8.06. The van der Waals surface area contributed by atoms with E-state index in [1.54, 1.807) is 4.68 Å². The molecule has 6 heteroatoms. The van der Waals surface area contributed by atoms with Crippen molar-refractivity contribution >= 4 is 16.9 Å². The first-order valence-corrected chi connectivity index (χ1v) is 8.06. The predicted molar refractivity (Wildman–Crippen MR) is 90.3 cm³/mol. The van der Waals surface area contributed by atoms with E-state index in [0.717, 1.165) is 28.8 Å². The molecule has 0 saturated carbocycles. The number of aromatic nitrogens is 3. The van der Waals surface area contributed by atoms with Gasteiger partial charge in [-0.1, -0.05) is 13.8 Å². The second-order valence-corrected chi connectivity index (χ2v) is 7.31. The van der Waals surface area contributed by atoms with Gasteiger partial charge in [0, 0.05) is 31.6 Å². The Morgan fingerprint density at radius 3 is 2.70 bits per heavy atom. The maximum atomic E-state index is 13.0. The Bertz CT molecular complexity index is 777. The molecule has 1 aliphatic heterocycles. The fourth-order valence-electron chi connectivity index (χ4n) is 3.37. The van der Waals surface area contributed by atoms with Gasteiger partial charge in [-0.2, -0.15) is 5.10 Å². The first kappa shape index (κ1) is 15.9. The van der Waals surface area contributed by atoms with Gasteiger partial charge in [0.2, 0.25) is 0 Å². The summed E-state index contributed by atoms with van der Waals surface area (Å²) in [5.74, 6) is 0.0418. The number of rotatable bonds is 1. The number of nitrogens with zero attached hydrogens (tertiary/aromatic N) is 4. The Morgan fingerprint density at radius 1 is 1.35 bits per heavy atom. The van der Waals surface area contributed by atoms with Crippen molar-refractivity contribution in [3.63, 3.8) is 0 Å². The third kappa shape index (κ3) is 2.61. The van der Waals surface area contributed by atoms with Crippen LogP contribution >= 0.6 is 0 Å². The lowest BCUT2D eigenvalue weighted by atomic mass is 9.79. The van der Waals surface area contributed by atoms with E-state index in [1.165, 1.54) is 0 Å². The minimum Gasteiger partial charge on any atom is -0.338 e. The van der Waals surface area contributed by atoms with Gasteiger partial charge in [0.05, 0.1) is 17.0 Å². The Morgan fingerprint density at radius 2 is 2.04 bits per heavy atom. The molecular formula is C17H25N5O. The molecule has 1 amide bonds. The van der Waals surface area contributed by atoms with E-state index < -0.39 is 0 Å². The minimum absolute atomic E-state index is 0.0418. The zero-order chi connectivity index (χ0) is 16.9. The maximum Gasteiger partial charge on any atom is 0.255 e. The molecule has 1 fully saturated rings. The topological polar surface area (TPSA) is 77.0 Å². The number of aryl methyl sites for hydroxylation is 3. The Hall–Kier alpha value is -1.95. The molecule has 2 N–H and O–H groups in total. The summed E-state index contributed by atoms with van der Waals surface area (Å²) >= 11 is 0. The summed E-state index contributed by atoms with van der Waals surface area (Å²) in [4.78, 5) is 19.5. The van der Waals surface area contributed by atoms with Gasteiger partial charge >= 0.3 is 0 Å². The molecule has 0 radical (unpaired) electrons. The second kappa shape index (κ2) is 5.30. The highest BCUT2D eigenvalue weighted by Gasteiger charge is 2.36. The molecule has 0 bridgehead atoms. The minimum atomic E-state index is -0.0659. The number of piperidine rings is 1. The van der Waals surface area contributed by atoms with Crippen molar-refractivity contribution in [2.75, 3.05) is 13.1 Å². The molecule has 1 unspecified atom stereocenters. The predicted octanol–water partition coefficient (Wildman–Crippen LogP) is 1.78. The Balaban J connectivity index is 1.98. The maximum absolute atomic E-state index is 13.0. The van der Waals surface area contributed by atoms with E-state index in [0.29, 0.717) is 18.7 Å². The number of pyridine rings is 1. The molecule has 0 aliphatic carbocycles. The standard InChI is InChI=1S/C17H25N5O/c1-10-13(8-12-11(2)20-21(5)15(12)19-10)16(23)22-7-6-14(18)17(3,4)9-22/h8,14H,6-7,9,18H2,1-5H3. The van der Waals surface area contributed by atoms with Crippen molar-refractivity contribution in [3.05, 3.63) is 23.0 Å². The zero-order valence-corrected chi connectivity index (χ0v) is 14.6. The van der Waals surface area contributed by atoms with Gasteiger partial charge in [0.15, 0.2) is 5.65 Å². The van der Waals surface area contributed by atoms with Gasteiger partial charge in [0.25, 0.3) is 5.91 Å². The summed E-state index contributed by atoms with van der Waals surface area (Å²) in [5.41, 5.74) is 9.24. The smallest absolute Gasteiger partial charge is 0.255 e. The van der Waals surface area contributed by atoms with Crippen molar-refractivity contribution in [2.45, 2.75) is 40.2 Å². The van der Waals surface area contributed by atoms with Crippen LogP contribution in [0.1, 0.15) is 42.0 Å². The first-order chi connectivity index (χ1) is 10.7. The summed E-state index contributed by atoms with van der Waals surface area (Å²) in [7, 11) is 1.87. The van der Waals surface area contributed by atoms with Gasteiger partial charge in [-0.3, -0.25) is 9.48 Å². The Kier molecular flexibility index (Phi) is 3.67. The number of nitrogens with two attached hydrogens (primary N) is 1. The highest BCUT2D eigenvalue weighted by Crippen LogP contribution is 2.29. The summed E-state index contributed by atoms with van der Waals surface area (Å²) in [6.07, 6.45) is 0.833. The van der Waals surface area contributed by atoms with Crippen LogP contribution in [0.4, 0.5) is 0 Å². The van der Waals surface area contributed by atoms with Crippen LogP contribution in [0.15, 0.2) is 6.07 Å². The Labute approximate surface area is 136 Å². The molecule has 6 nitrogen and oxygen atoms in total. The van der Waals surface area contributed by atoms with Crippen LogP contribution < -0.4 is 5.73 Å². The van der Waals surface area contributed by atoms with Crippen LogP contribution in [0.25, 0.3) is 11.0 Å². The lowest BCUT2D eigenvalue weighted by molar-refractivity contribution is 0.0532. The van der Waals surface area contributed by atoms with Crippen molar-refractivity contribution in [1.82, 2.24) is 19.7 Å². The number of carbonyl (C=O) groups is 1. The molecule has 124 valence electrons. The van der Waals surface area contributed by atoms with Crippen LogP contribution in [0.2, 0.25) is 0 Å². The van der Waals surface area contributed by atoms with Crippen LogP contribution in [0, 0.1) is 19.3 Å². The van der Waals surface area contributed by atoms with Gasteiger partial charge in [-0.15, -0.1) is 0 Å². The van der Waals surface area contributed by atoms with Crippen molar-refractivity contribution in [2.24, 2.45) is 18.2 Å². The third-order valence-electron chi connectivity index (χ3n) is 5.02. The highest BCUT2D eigenvalue weighted by atomic mass is 16.2. The fraction of sp³-hybridized carbons (Fsp3) is 0.588. The van der Waals surface area contributed by atoms with Crippen LogP contribution in [0.3, 0.4) is 0 Å². The van der Waals surface area contributed by atoms with E-state index in [1.807, 2.05) is 31.9 Å². The quantitative estimate of drug-likeness (QED) is 0.870. The molecule has 1 saturated heterocycles. The van der Waals surface area contributed by atoms with Crippen molar-refractivity contribution in [1.29, 1.82) is 0 Å². The molecule has 0 aromatic carbocycles. The van der Waals surface area contributed by atoms with Crippen molar-refractivity contribution in [3.8, 4) is 0 Å². The van der Waals surface area contributed by atoms with Gasteiger partial charge in [0.1, 0.15) is 0 Å². The number of amides is 1.